The van der Waals surface area contributed by atoms with Crippen molar-refractivity contribution >= 4 is 0 Å². The van der Waals surface area contributed by atoms with Gasteiger partial charge in [0, 0.05) is 18.6 Å². The molecule has 1 N–H and O–H groups in total. The standard InChI is InChI=1S/C14H18N2O/c1-16-14-6-7-17-10-13(14)8-11-2-4-12(9-15)5-3-11/h2-5,13-14,16H,6-8,10H2,1H3/t13-,14+/m1/s1. The molecule has 1 aliphatic heterocycles. The van der Waals surface area contributed by atoms with E-state index >= 15 is 0 Å². The molecule has 1 fully saturated rings. The molecule has 0 bridgehead atoms. The predicted octanol–water partition coefficient (Wildman–Crippen LogP) is 1.73. The lowest BCUT2D eigenvalue weighted by molar-refractivity contribution is 0.0342. The van der Waals surface area contributed by atoms with Crippen molar-refractivity contribution in [1.82, 2.24) is 5.32 Å². The van der Waals surface area contributed by atoms with Gasteiger partial charge in [-0.1, -0.05) is 12.1 Å². The van der Waals surface area contributed by atoms with Crippen LogP contribution >= 0.6 is 0 Å². The zero-order valence-electron chi connectivity index (χ0n) is 10.1. The van der Waals surface area contributed by atoms with Crippen molar-refractivity contribution in [2.24, 2.45) is 5.92 Å². The molecule has 17 heavy (non-hydrogen) atoms. The highest BCUT2D eigenvalue weighted by Gasteiger charge is 2.24. The summed E-state index contributed by atoms with van der Waals surface area (Å²) in [5, 5.41) is 12.1. The summed E-state index contributed by atoms with van der Waals surface area (Å²) >= 11 is 0. The van der Waals surface area contributed by atoms with Gasteiger partial charge in [0.25, 0.3) is 0 Å². The van der Waals surface area contributed by atoms with E-state index in [1.165, 1.54) is 5.56 Å². The van der Waals surface area contributed by atoms with Gasteiger partial charge in [-0.25, -0.2) is 0 Å². The summed E-state index contributed by atoms with van der Waals surface area (Å²) in [5.74, 6) is 0.529. The molecule has 0 aromatic heterocycles. The van der Waals surface area contributed by atoms with Crippen LogP contribution in [0.25, 0.3) is 0 Å². The van der Waals surface area contributed by atoms with Crippen molar-refractivity contribution in [3.05, 3.63) is 35.4 Å². The van der Waals surface area contributed by atoms with Gasteiger partial charge < -0.3 is 10.1 Å². The molecule has 3 heteroatoms. The van der Waals surface area contributed by atoms with Gasteiger partial charge in [-0.3, -0.25) is 0 Å². The minimum Gasteiger partial charge on any atom is -0.381 e. The van der Waals surface area contributed by atoms with E-state index in [0.717, 1.165) is 31.6 Å². The largest absolute Gasteiger partial charge is 0.381 e. The quantitative estimate of drug-likeness (QED) is 0.860. The van der Waals surface area contributed by atoms with Crippen LogP contribution in [0.2, 0.25) is 0 Å². The van der Waals surface area contributed by atoms with Crippen LogP contribution in [0.4, 0.5) is 0 Å². The Kier molecular flexibility index (Phi) is 4.13. The molecule has 1 heterocycles. The molecule has 3 nitrogen and oxygen atoms in total. The smallest absolute Gasteiger partial charge is 0.0991 e. The molecule has 0 amide bonds. The summed E-state index contributed by atoms with van der Waals surface area (Å²) in [6.45, 7) is 1.68. The van der Waals surface area contributed by atoms with E-state index in [2.05, 4.69) is 11.4 Å². The highest BCUT2D eigenvalue weighted by molar-refractivity contribution is 5.31. The Labute approximate surface area is 102 Å². The van der Waals surface area contributed by atoms with Crippen molar-refractivity contribution < 1.29 is 4.74 Å². The number of nitriles is 1. The van der Waals surface area contributed by atoms with Crippen molar-refractivity contribution in [3.8, 4) is 6.07 Å². The van der Waals surface area contributed by atoms with E-state index in [9.17, 15) is 0 Å². The van der Waals surface area contributed by atoms with Crippen molar-refractivity contribution in [2.75, 3.05) is 20.3 Å². The summed E-state index contributed by atoms with van der Waals surface area (Å²) in [5.41, 5.74) is 2.00. The van der Waals surface area contributed by atoms with Gasteiger partial charge in [0.2, 0.25) is 0 Å². The lowest BCUT2D eigenvalue weighted by Gasteiger charge is -2.31. The van der Waals surface area contributed by atoms with Gasteiger partial charge in [-0.2, -0.15) is 5.26 Å². The minimum atomic E-state index is 0.529. The van der Waals surface area contributed by atoms with Gasteiger partial charge in [-0.15, -0.1) is 0 Å². The number of nitrogens with one attached hydrogen (secondary N) is 1. The number of rotatable bonds is 3. The highest BCUT2D eigenvalue weighted by atomic mass is 16.5. The van der Waals surface area contributed by atoms with Crippen LogP contribution in [0.5, 0.6) is 0 Å². The third-order valence-electron chi connectivity index (χ3n) is 3.43. The van der Waals surface area contributed by atoms with E-state index in [-0.39, 0.29) is 0 Å². The normalized spacial score (nSPS) is 24.2. The Morgan fingerprint density at radius 3 is 2.82 bits per heavy atom. The molecule has 0 aliphatic carbocycles. The van der Waals surface area contributed by atoms with Gasteiger partial charge in [-0.05, 0) is 37.6 Å². The van der Waals surface area contributed by atoms with E-state index < -0.39 is 0 Å². The minimum absolute atomic E-state index is 0.529. The van der Waals surface area contributed by atoms with Crippen LogP contribution in [0.3, 0.4) is 0 Å². The Hall–Kier alpha value is -1.37. The second kappa shape index (κ2) is 5.81. The number of hydrogen-bond acceptors (Lipinski definition) is 3. The molecule has 90 valence electrons. The molecule has 0 spiro atoms. The van der Waals surface area contributed by atoms with Crippen LogP contribution in [-0.4, -0.2) is 26.3 Å². The maximum Gasteiger partial charge on any atom is 0.0991 e. The number of benzene rings is 1. The molecular formula is C14H18N2O. The van der Waals surface area contributed by atoms with Crippen molar-refractivity contribution in [1.29, 1.82) is 5.26 Å². The first-order valence-corrected chi connectivity index (χ1v) is 6.07. The fraction of sp³-hybridized carbons (Fsp3) is 0.500. The molecule has 2 atom stereocenters. The maximum atomic E-state index is 8.75. The Morgan fingerprint density at radius 1 is 1.41 bits per heavy atom. The molecule has 1 aromatic carbocycles. The first kappa shape index (κ1) is 12.1. The molecule has 2 rings (SSSR count). The van der Waals surface area contributed by atoms with E-state index in [4.69, 9.17) is 10.00 Å². The second-order valence-electron chi connectivity index (χ2n) is 4.53. The molecule has 0 unspecified atom stereocenters. The van der Waals surface area contributed by atoms with Crippen molar-refractivity contribution in [2.45, 2.75) is 18.9 Å². The Balaban J connectivity index is 2.01. The van der Waals surface area contributed by atoms with Crippen LogP contribution in [0.1, 0.15) is 17.5 Å². The number of nitrogens with zero attached hydrogens (tertiary/aromatic N) is 1. The van der Waals surface area contributed by atoms with Crippen LogP contribution < -0.4 is 5.32 Å². The summed E-state index contributed by atoms with van der Waals surface area (Å²) in [7, 11) is 2.02. The van der Waals surface area contributed by atoms with Crippen molar-refractivity contribution in [3.63, 3.8) is 0 Å². The average Bonchev–Trinajstić information content (AvgIpc) is 2.40. The zero-order valence-corrected chi connectivity index (χ0v) is 10.1. The van der Waals surface area contributed by atoms with Crippen LogP contribution in [-0.2, 0) is 11.2 Å². The first-order chi connectivity index (χ1) is 8.33. The van der Waals surface area contributed by atoms with Gasteiger partial charge in [0.05, 0.1) is 18.2 Å². The van der Waals surface area contributed by atoms with Gasteiger partial charge in [0.1, 0.15) is 0 Å². The Morgan fingerprint density at radius 2 is 2.18 bits per heavy atom. The summed E-state index contributed by atoms with van der Waals surface area (Å²) in [6.07, 6.45) is 2.09. The van der Waals surface area contributed by atoms with Crippen LogP contribution in [0.15, 0.2) is 24.3 Å². The average molecular weight is 230 g/mol. The highest BCUT2D eigenvalue weighted by Crippen LogP contribution is 2.19. The summed E-state index contributed by atoms with van der Waals surface area (Å²) in [4.78, 5) is 0. The molecule has 0 saturated carbocycles. The number of hydrogen-bond donors (Lipinski definition) is 1. The summed E-state index contributed by atoms with van der Waals surface area (Å²) in [6, 6.07) is 10.5. The third kappa shape index (κ3) is 3.06. The van der Waals surface area contributed by atoms with Gasteiger partial charge >= 0.3 is 0 Å². The van der Waals surface area contributed by atoms with E-state index in [1.807, 2.05) is 31.3 Å². The van der Waals surface area contributed by atoms with E-state index in [1.54, 1.807) is 0 Å². The summed E-state index contributed by atoms with van der Waals surface area (Å²) < 4.78 is 5.54. The predicted molar refractivity (Wildman–Crippen MR) is 66.6 cm³/mol. The molecular weight excluding hydrogens is 212 g/mol. The first-order valence-electron chi connectivity index (χ1n) is 6.07. The fourth-order valence-electron chi connectivity index (χ4n) is 2.40. The SMILES string of the molecule is CN[C@H]1CCOC[C@H]1Cc1ccc(C#N)cc1. The van der Waals surface area contributed by atoms with Gasteiger partial charge in [0.15, 0.2) is 0 Å². The lowest BCUT2D eigenvalue weighted by Crippen LogP contribution is -2.41. The zero-order chi connectivity index (χ0) is 12.1. The Bertz CT molecular complexity index is 394. The monoisotopic (exact) mass is 230 g/mol. The molecule has 1 saturated heterocycles. The molecule has 1 aromatic rings. The van der Waals surface area contributed by atoms with E-state index in [0.29, 0.717) is 12.0 Å². The fourth-order valence-corrected chi connectivity index (χ4v) is 2.40. The lowest BCUT2D eigenvalue weighted by atomic mass is 9.89. The maximum absolute atomic E-state index is 8.75. The number of ether oxygens (including phenoxy) is 1. The second-order valence-corrected chi connectivity index (χ2v) is 4.53. The topological polar surface area (TPSA) is 45.0 Å². The van der Waals surface area contributed by atoms with Crippen LogP contribution in [0, 0.1) is 17.2 Å². The third-order valence-corrected chi connectivity index (χ3v) is 3.43. The molecule has 1 aliphatic rings. The molecule has 0 radical (unpaired) electrons.